The average molecular weight is 224 g/mol. The molecule has 2 fully saturated rings. The normalized spacial score (nSPS) is 30.2. The molecule has 0 spiro atoms. The highest BCUT2D eigenvalue weighted by Crippen LogP contribution is 2.24. The quantitative estimate of drug-likeness (QED) is 0.740. The maximum atomic E-state index is 9.42. The molecule has 0 amide bonds. The topological polar surface area (TPSA) is 74.4 Å². The lowest BCUT2D eigenvalue weighted by atomic mass is 10.2. The van der Waals surface area contributed by atoms with Crippen molar-refractivity contribution >= 4 is 5.95 Å². The Bertz CT molecular complexity index is 361. The van der Waals surface area contributed by atoms with Crippen LogP contribution in [0.3, 0.4) is 0 Å². The van der Waals surface area contributed by atoms with Crippen LogP contribution in [0.1, 0.15) is 31.2 Å². The molecule has 1 aromatic heterocycles. The number of hydrogen-bond donors (Lipinski definition) is 2. The molecule has 0 saturated carbocycles. The van der Waals surface area contributed by atoms with Gasteiger partial charge < -0.3 is 19.8 Å². The maximum absolute atomic E-state index is 9.42. The zero-order valence-electron chi connectivity index (χ0n) is 9.09. The maximum Gasteiger partial charge on any atom is 0.266 e. The van der Waals surface area contributed by atoms with Crippen molar-refractivity contribution in [2.75, 3.05) is 24.5 Å². The van der Waals surface area contributed by atoms with Gasteiger partial charge in [0, 0.05) is 19.6 Å². The molecular weight excluding hydrogens is 208 g/mol. The van der Waals surface area contributed by atoms with Crippen LogP contribution in [0.15, 0.2) is 4.52 Å². The molecule has 2 saturated heterocycles. The molecule has 2 aliphatic heterocycles. The molecule has 6 heteroatoms. The first-order chi connectivity index (χ1) is 7.83. The van der Waals surface area contributed by atoms with E-state index in [4.69, 9.17) is 4.52 Å². The summed E-state index contributed by atoms with van der Waals surface area (Å²) < 4.78 is 5.23. The summed E-state index contributed by atoms with van der Waals surface area (Å²) in [6, 6.07) is 0.0128. The van der Waals surface area contributed by atoms with Gasteiger partial charge in [0.15, 0.2) is 0 Å². The number of hydrogen-bond acceptors (Lipinski definition) is 6. The monoisotopic (exact) mass is 224 g/mol. The van der Waals surface area contributed by atoms with Crippen molar-refractivity contribution in [2.24, 2.45) is 0 Å². The van der Waals surface area contributed by atoms with E-state index >= 15 is 0 Å². The number of β-amino-alcohol motifs (C(OH)–C–C–N with tert-alkyl or cyclic N) is 1. The highest BCUT2D eigenvalue weighted by molar-refractivity contribution is 5.29. The molecule has 1 aromatic rings. The zero-order valence-corrected chi connectivity index (χ0v) is 9.09. The minimum absolute atomic E-state index is 0.0128. The third-order valence-electron chi connectivity index (χ3n) is 3.23. The number of aliphatic hydroxyl groups excluding tert-OH is 1. The van der Waals surface area contributed by atoms with Crippen LogP contribution >= 0.6 is 0 Å². The third kappa shape index (κ3) is 1.78. The third-order valence-corrected chi connectivity index (χ3v) is 3.23. The van der Waals surface area contributed by atoms with Crippen LogP contribution in [0.5, 0.6) is 0 Å². The van der Waals surface area contributed by atoms with E-state index in [1.165, 1.54) is 12.8 Å². The van der Waals surface area contributed by atoms with Crippen LogP contribution in [0.4, 0.5) is 5.95 Å². The fourth-order valence-electron chi connectivity index (χ4n) is 2.32. The summed E-state index contributed by atoms with van der Waals surface area (Å²) in [5.41, 5.74) is 0. The lowest BCUT2D eigenvalue weighted by molar-refractivity contribution is 0.191. The minimum atomic E-state index is -0.299. The first-order valence-electron chi connectivity index (χ1n) is 5.83. The second kappa shape index (κ2) is 4.03. The van der Waals surface area contributed by atoms with E-state index in [2.05, 4.69) is 20.4 Å². The SMILES string of the molecule is OC1CNC(c2nc(N3CCCC3)no2)C1. The number of aromatic nitrogens is 2. The fraction of sp³-hybridized carbons (Fsp3) is 0.800. The standard InChI is InChI=1S/C10H16N4O2/c15-7-5-8(11-6-7)9-12-10(13-16-9)14-3-1-2-4-14/h7-8,11,15H,1-6H2. The largest absolute Gasteiger partial charge is 0.392 e. The van der Waals surface area contributed by atoms with Gasteiger partial charge in [-0.3, -0.25) is 0 Å². The Morgan fingerprint density at radius 2 is 2.19 bits per heavy atom. The van der Waals surface area contributed by atoms with Crippen LogP contribution < -0.4 is 10.2 Å². The number of rotatable bonds is 2. The van der Waals surface area contributed by atoms with Gasteiger partial charge in [-0.15, -0.1) is 0 Å². The van der Waals surface area contributed by atoms with Crippen LogP contribution in [0.2, 0.25) is 0 Å². The molecule has 0 bridgehead atoms. The lowest BCUT2D eigenvalue weighted by Crippen LogP contribution is -2.19. The molecule has 2 aliphatic rings. The first kappa shape index (κ1) is 10.0. The molecular formula is C10H16N4O2. The minimum Gasteiger partial charge on any atom is -0.392 e. The summed E-state index contributed by atoms with van der Waals surface area (Å²) in [5.74, 6) is 1.29. The van der Waals surface area contributed by atoms with Gasteiger partial charge in [0.25, 0.3) is 5.95 Å². The number of nitrogens with one attached hydrogen (secondary N) is 1. The van der Waals surface area contributed by atoms with Crippen molar-refractivity contribution in [1.82, 2.24) is 15.5 Å². The summed E-state index contributed by atoms with van der Waals surface area (Å²) >= 11 is 0. The van der Waals surface area contributed by atoms with Crippen molar-refractivity contribution < 1.29 is 9.63 Å². The van der Waals surface area contributed by atoms with Gasteiger partial charge in [-0.05, 0) is 24.4 Å². The molecule has 0 radical (unpaired) electrons. The molecule has 3 rings (SSSR count). The van der Waals surface area contributed by atoms with Gasteiger partial charge in [0.05, 0.1) is 12.1 Å². The van der Waals surface area contributed by atoms with Crippen molar-refractivity contribution in [3.05, 3.63) is 5.89 Å². The summed E-state index contributed by atoms with van der Waals surface area (Å²) in [5, 5.41) is 16.6. The Morgan fingerprint density at radius 3 is 2.88 bits per heavy atom. The Balaban J connectivity index is 1.72. The molecule has 16 heavy (non-hydrogen) atoms. The van der Waals surface area contributed by atoms with Crippen LogP contribution in [0, 0.1) is 0 Å². The molecule has 0 aromatic carbocycles. The van der Waals surface area contributed by atoms with Crippen molar-refractivity contribution in [2.45, 2.75) is 31.4 Å². The van der Waals surface area contributed by atoms with Crippen LogP contribution in [-0.2, 0) is 0 Å². The van der Waals surface area contributed by atoms with Crippen LogP contribution in [0.25, 0.3) is 0 Å². The Kier molecular flexibility index (Phi) is 2.53. The first-order valence-corrected chi connectivity index (χ1v) is 5.83. The summed E-state index contributed by atoms with van der Waals surface area (Å²) in [4.78, 5) is 6.52. The Labute approximate surface area is 93.6 Å². The van der Waals surface area contributed by atoms with Crippen LogP contribution in [-0.4, -0.2) is 41.0 Å². The number of nitrogens with zero attached hydrogens (tertiary/aromatic N) is 3. The molecule has 2 N–H and O–H groups in total. The molecule has 88 valence electrons. The highest BCUT2D eigenvalue weighted by Gasteiger charge is 2.29. The van der Waals surface area contributed by atoms with Gasteiger partial charge >= 0.3 is 0 Å². The van der Waals surface area contributed by atoms with E-state index in [1.807, 2.05) is 0 Å². The Morgan fingerprint density at radius 1 is 1.38 bits per heavy atom. The van der Waals surface area contributed by atoms with E-state index in [9.17, 15) is 5.11 Å². The summed E-state index contributed by atoms with van der Waals surface area (Å²) in [6.45, 7) is 2.63. The van der Waals surface area contributed by atoms with Gasteiger partial charge in [0.1, 0.15) is 0 Å². The zero-order chi connectivity index (χ0) is 11.0. The highest BCUT2D eigenvalue weighted by atomic mass is 16.5. The summed E-state index contributed by atoms with van der Waals surface area (Å²) in [7, 11) is 0. The van der Waals surface area contributed by atoms with Gasteiger partial charge in [-0.1, -0.05) is 0 Å². The second-order valence-corrected chi connectivity index (χ2v) is 4.48. The van der Waals surface area contributed by atoms with E-state index in [0.717, 1.165) is 13.1 Å². The molecule has 3 heterocycles. The average Bonchev–Trinajstić information content (AvgIpc) is 2.97. The van der Waals surface area contributed by atoms with E-state index in [-0.39, 0.29) is 12.1 Å². The van der Waals surface area contributed by atoms with E-state index in [1.54, 1.807) is 0 Å². The summed E-state index contributed by atoms with van der Waals surface area (Å²) in [6.07, 6.45) is 2.75. The fourth-order valence-corrected chi connectivity index (χ4v) is 2.32. The number of aliphatic hydroxyl groups is 1. The van der Waals surface area contributed by atoms with Crippen molar-refractivity contribution in [3.63, 3.8) is 0 Å². The van der Waals surface area contributed by atoms with Crippen molar-refractivity contribution in [3.8, 4) is 0 Å². The molecule has 2 atom stereocenters. The molecule has 0 aliphatic carbocycles. The Hall–Kier alpha value is -1.14. The predicted octanol–water partition coefficient (Wildman–Crippen LogP) is 0.0651. The van der Waals surface area contributed by atoms with E-state index in [0.29, 0.717) is 24.8 Å². The molecule has 6 nitrogen and oxygen atoms in total. The van der Waals surface area contributed by atoms with Gasteiger partial charge in [-0.25, -0.2) is 0 Å². The van der Waals surface area contributed by atoms with Gasteiger partial charge in [-0.2, -0.15) is 4.98 Å². The predicted molar refractivity (Wildman–Crippen MR) is 57.1 cm³/mol. The van der Waals surface area contributed by atoms with Crippen molar-refractivity contribution in [1.29, 1.82) is 0 Å². The van der Waals surface area contributed by atoms with Gasteiger partial charge in [0.2, 0.25) is 5.89 Å². The van der Waals surface area contributed by atoms with E-state index < -0.39 is 0 Å². The molecule has 2 unspecified atom stereocenters. The smallest absolute Gasteiger partial charge is 0.266 e. The lowest BCUT2D eigenvalue weighted by Gasteiger charge is -2.10. The number of anilines is 1. The second-order valence-electron chi connectivity index (χ2n) is 4.48.